The lowest BCUT2D eigenvalue weighted by molar-refractivity contribution is 0.608. The van der Waals surface area contributed by atoms with E-state index in [2.05, 4.69) is 28.1 Å². The third-order valence-corrected chi connectivity index (χ3v) is 3.03. The summed E-state index contributed by atoms with van der Waals surface area (Å²) in [6, 6.07) is 15.4. The van der Waals surface area contributed by atoms with Crippen LogP contribution in [0.2, 0.25) is 0 Å². The molecule has 0 bridgehead atoms. The maximum absolute atomic E-state index is 13.5. The Kier molecular flexibility index (Phi) is 3.73. The van der Waals surface area contributed by atoms with Crippen molar-refractivity contribution in [2.75, 3.05) is 0 Å². The molecule has 0 aliphatic heterocycles. The monoisotopic (exact) mass is 278 g/mol. The predicted molar refractivity (Wildman–Crippen MR) is 68.0 cm³/mol. The SMILES string of the molecule is Fc1cc(Br)ccc1CCc1ccccc1. The first-order chi connectivity index (χ1) is 7.75. The summed E-state index contributed by atoms with van der Waals surface area (Å²) < 4.78 is 14.3. The van der Waals surface area contributed by atoms with Crippen molar-refractivity contribution in [2.45, 2.75) is 12.8 Å². The van der Waals surface area contributed by atoms with E-state index >= 15 is 0 Å². The molecule has 0 atom stereocenters. The Morgan fingerprint density at radius 1 is 0.938 bits per heavy atom. The Morgan fingerprint density at radius 2 is 1.69 bits per heavy atom. The predicted octanol–water partition coefficient (Wildman–Crippen LogP) is 4.37. The van der Waals surface area contributed by atoms with Crippen molar-refractivity contribution in [3.8, 4) is 0 Å². The van der Waals surface area contributed by atoms with E-state index in [0.29, 0.717) is 0 Å². The molecule has 2 rings (SSSR count). The van der Waals surface area contributed by atoms with Gasteiger partial charge in [-0.1, -0.05) is 52.3 Å². The minimum atomic E-state index is -0.134. The third-order valence-electron chi connectivity index (χ3n) is 2.54. The van der Waals surface area contributed by atoms with Gasteiger partial charge in [0, 0.05) is 4.47 Å². The Morgan fingerprint density at radius 3 is 2.38 bits per heavy atom. The van der Waals surface area contributed by atoms with Gasteiger partial charge in [-0.2, -0.15) is 0 Å². The van der Waals surface area contributed by atoms with Gasteiger partial charge in [0.1, 0.15) is 5.82 Å². The quantitative estimate of drug-likeness (QED) is 0.782. The Hall–Kier alpha value is -1.15. The molecule has 0 nitrogen and oxygen atoms in total. The largest absolute Gasteiger partial charge is 0.207 e. The minimum Gasteiger partial charge on any atom is -0.207 e. The van der Waals surface area contributed by atoms with E-state index < -0.39 is 0 Å². The molecule has 0 aromatic heterocycles. The average molecular weight is 279 g/mol. The van der Waals surface area contributed by atoms with Crippen molar-refractivity contribution >= 4 is 15.9 Å². The summed E-state index contributed by atoms with van der Waals surface area (Å²) in [6.07, 6.45) is 1.61. The molecule has 2 aromatic carbocycles. The summed E-state index contributed by atoms with van der Waals surface area (Å²) in [5.41, 5.74) is 2.01. The lowest BCUT2D eigenvalue weighted by atomic mass is 10.0. The molecule has 0 unspecified atom stereocenters. The molecule has 0 saturated heterocycles. The number of hydrogen-bond donors (Lipinski definition) is 0. The van der Waals surface area contributed by atoms with Gasteiger partial charge in [0.25, 0.3) is 0 Å². The van der Waals surface area contributed by atoms with Crippen molar-refractivity contribution in [3.63, 3.8) is 0 Å². The summed E-state index contributed by atoms with van der Waals surface area (Å²) >= 11 is 3.25. The summed E-state index contributed by atoms with van der Waals surface area (Å²) in [4.78, 5) is 0. The van der Waals surface area contributed by atoms with Gasteiger partial charge in [-0.3, -0.25) is 0 Å². The van der Waals surface area contributed by atoms with E-state index in [-0.39, 0.29) is 5.82 Å². The molecule has 0 aliphatic carbocycles. The third kappa shape index (κ3) is 2.92. The van der Waals surface area contributed by atoms with E-state index in [9.17, 15) is 4.39 Å². The Balaban J connectivity index is 2.05. The zero-order valence-electron chi connectivity index (χ0n) is 8.79. The highest BCUT2D eigenvalue weighted by Gasteiger charge is 2.02. The zero-order valence-corrected chi connectivity index (χ0v) is 10.4. The first kappa shape index (κ1) is 11.3. The second-order valence-electron chi connectivity index (χ2n) is 3.72. The topological polar surface area (TPSA) is 0 Å². The summed E-state index contributed by atoms with van der Waals surface area (Å²) in [5.74, 6) is -0.134. The molecule has 2 aromatic rings. The van der Waals surface area contributed by atoms with Crippen molar-refractivity contribution < 1.29 is 4.39 Å². The van der Waals surface area contributed by atoms with Crippen molar-refractivity contribution in [3.05, 3.63) is 69.9 Å². The molecule has 0 saturated carbocycles. The van der Waals surface area contributed by atoms with Gasteiger partial charge in [0.05, 0.1) is 0 Å². The first-order valence-corrected chi connectivity index (χ1v) is 6.03. The zero-order chi connectivity index (χ0) is 11.4. The molecule has 0 N–H and O–H groups in total. The molecule has 0 radical (unpaired) electrons. The number of halogens is 2. The van der Waals surface area contributed by atoms with Gasteiger partial charge < -0.3 is 0 Å². The standard InChI is InChI=1S/C14H12BrF/c15-13-9-8-12(14(16)10-13)7-6-11-4-2-1-3-5-11/h1-5,8-10H,6-7H2. The van der Waals surface area contributed by atoms with Crippen molar-refractivity contribution in [1.29, 1.82) is 0 Å². The Bertz CT molecular complexity index is 465. The number of aryl methyl sites for hydroxylation is 2. The van der Waals surface area contributed by atoms with Crippen molar-refractivity contribution in [1.82, 2.24) is 0 Å². The van der Waals surface area contributed by atoms with E-state index in [1.807, 2.05) is 30.3 Å². The first-order valence-electron chi connectivity index (χ1n) is 5.23. The van der Waals surface area contributed by atoms with Crippen LogP contribution in [0.5, 0.6) is 0 Å². The molecular formula is C14H12BrF. The van der Waals surface area contributed by atoms with Crippen LogP contribution in [0.15, 0.2) is 53.0 Å². The van der Waals surface area contributed by atoms with Gasteiger partial charge in [0.2, 0.25) is 0 Å². The van der Waals surface area contributed by atoms with Crippen LogP contribution < -0.4 is 0 Å². The molecule has 82 valence electrons. The fourth-order valence-electron chi connectivity index (χ4n) is 1.65. The van der Waals surface area contributed by atoms with Crippen molar-refractivity contribution in [2.24, 2.45) is 0 Å². The van der Waals surface area contributed by atoms with Crippen LogP contribution in [0.1, 0.15) is 11.1 Å². The van der Waals surface area contributed by atoms with E-state index in [1.54, 1.807) is 0 Å². The minimum absolute atomic E-state index is 0.134. The molecule has 0 heterocycles. The average Bonchev–Trinajstić information content (AvgIpc) is 2.29. The maximum atomic E-state index is 13.5. The van der Waals surface area contributed by atoms with Crippen LogP contribution in [0.3, 0.4) is 0 Å². The van der Waals surface area contributed by atoms with Crippen LogP contribution in [-0.2, 0) is 12.8 Å². The smallest absolute Gasteiger partial charge is 0.127 e. The van der Waals surface area contributed by atoms with E-state index in [1.165, 1.54) is 11.6 Å². The molecule has 0 spiro atoms. The van der Waals surface area contributed by atoms with E-state index in [0.717, 1.165) is 22.9 Å². The molecular weight excluding hydrogens is 267 g/mol. The fraction of sp³-hybridized carbons (Fsp3) is 0.143. The van der Waals surface area contributed by atoms with Crippen LogP contribution in [0.4, 0.5) is 4.39 Å². The van der Waals surface area contributed by atoms with Gasteiger partial charge in [-0.15, -0.1) is 0 Å². The van der Waals surface area contributed by atoms with E-state index in [4.69, 9.17) is 0 Å². The number of rotatable bonds is 3. The molecule has 16 heavy (non-hydrogen) atoms. The van der Waals surface area contributed by atoms with Gasteiger partial charge >= 0.3 is 0 Å². The summed E-state index contributed by atoms with van der Waals surface area (Å²) in [6.45, 7) is 0. The van der Waals surface area contributed by atoms with Crippen LogP contribution in [0.25, 0.3) is 0 Å². The highest BCUT2D eigenvalue weighted by Crippen LogP contribution is 2.17. The summed E-state index contributed by atoms with van der Waals surface area (Å²) in [7, 11) is 0. The second kappa shape index (κ2) is 5.26. The second-order valence-corrected chi connectivity index (χ2v) is 4.64. The summed E-state index contributed by atoms with van der Waals surface area (Å²) in [5, 5.41) is 0. The molecule has 0 amide bonds. The van der Waals surface area contributed by atoms with Crippen LogP contribution in [-0.4, -0.2) is 0 Å². The van der Waals surface area contributed by atoms with Gasteiger partial charge in [-0.05, 0) is 36.1 Å². The van der Waals surface area contributed by atoms with Crippen LogP contribution in [0, 0.1) is 5.82 Å². The number of hydrogen-bond acceptors (Lipinski definition) is 0. The molecule has 2 heteroatoms. The lowest BCUT2D eigenvalue weighted by Crippen LogP contribution is -1.94. The Labute approximate surface area is 103 Å². The van der Waals surface area contributed by atoms with Crippen LogP contribution >= 0.6 is 15.9 Å². The van der Waals surface area contributed by atoms with Gasteiger partial charge in [0.15, 0.2) is 0 Å². The highest BCUT2D eigenvalue weighted by molar-refractivity contribution is 9.10. The van der Waals surface area contributed by atoms with Gasteiger partial charge in [-0.25, -0.2) is 4.39 Å². The molecule has 0 aliphatic rings. The fourth-order valence-corrected chi connectivity index (χ4v) is 1.98. The number of benzene rings is 2. The lowest BCUT2D eigenvalue weighted by Gasteiger charge is -2.04. The molecule has 0 fully saturated rings. The highest BCUT2D eigenvalue weighted by atomic mass is 79.9. The normalized spacial score (nSPS) is 10.4. The maximum Gasteiger partial charge on any atom is 0.127 e.